The fourth-order valence-electron chi connectivity index (χ4n) is 4.46. The summed E-state index contributed by atoms with van der Waals surface area (Å²) in [6, 6.07) is 13.4. The summed E-state index contributed by atoms with van der Waals surface area (Å²) in [6.07, 6.45) is 5.68. The molecule has 1 aliphatic heterocycles. The maximum atomic E-state index is 12.9. The van der Waals surface area contributed by atoms with Gasteiger partial charge in [0.25, 0.3) is 5.56 Å². The standard InChI is InChI=1S/C24H24ClN3O3S/c25-17-5-4-6-18(11-17)26-24(32)28(19-7-2-1-3-8-19)13-16-9-15-10-21-22(31-14-30-21)12-20(15)27-23(16)29/h4-6,9-12,19H,1-3,7-8,13-14H2,(H,26,32)(H,27,29). The first-order chi connectivity index (χ1) is 15.6. The van der Waals surface area contributed by atoms with Crippen LogP contribution in [-0.2, 0) is 6.54 Å². The first kappa shape index (κ1) is 21.1. The van der Waals surface area contributed by atoms with Crippen molar-refractivity contribution in [2.75, 3.05) is 12.1 Å². The molecule has 0 atom stereocenters. The van der Waals surface area contributed by atoms with Crippen molar-refractivity contribution in [3.05, 3.63) is 63.4 Å². The molecule has 32 heavy (non-hydrogen) atoms. The summed E-state index contributed by atoms with van der Waals surface area (Å²) in [7, 11) is 0. The van der Waals surface area contributed by atoms with Crippen molar-refractivity contribution in [3.8, 4) is 11.5 Å². The Balaban J connectivity index is 1.45. The highest BCUT2D eigenvalue weighted by Crippen LogP contribution is 2.35. The number of halogens is 1. The SMILES string of the molecule is O=c1[nH]c2cc3c(cc2cc1CN(C(=S)Nc1cccc(Cl)c1)C1CCCCC1)OCO3. The monoisotopic (exact) mass is 469 g/mol. The number of aromatic amines is 1. The second-order valence-corrected chi connectivity index (χ2v) is 9.10. The molecule has 0 unspecified atom stereocenters. The zero-order valence-electron chi connectivity index (χ0n) is 17.5. The van der Waals surface area contributed by atoms with Crippen molar-refractivity contribution in [1.29, 1.82) is 0 Å². The minimum Gasteiger partial charge on any atom is -0.454 e. The lowest BCUT2D eigenvalue weighted by atomic mass is 9.94. The Hall–Kier alpha value is -2.77. The molecule has 2 heterocycles. The third-order valence-electron chi connectivity index (χ3n) is 6.11. The van der Waals surface area contributed by atoms with Crippen LogP contribution in [-0.4, -0.2) is 27.8 Å². The van der Waals surface area contributed by atoms with Gasteiger partial charge in [-0.05, 0) is 55.4 Å². The predicted molar refractivity (Wildman–Crippen MR) is 131 cm³/mol. The molecule has 1 fully saturated rings. The number of nitrogens with zero attached hydrogens (tertiary/aromatic N) is 1. The van der Waals surface area contributed by atoms with Crippen LogP contribution >= 0.6 is 23.8 Å². The Morgan fingerprint density at radius 1 is 1.12 bits per heavy atom. The van der Waals surface area contributed by atoms with E-state index in [0.29, 0.717) is 33.7 Å². The van der Waals surface area contributed by atoms with Gasteiger partial charge in [-0.1, -0.05) is 36.9 Å². The molecule has 5 rings (SSSR count). The van der Waals surface area contributed by atoms with Crippen molar-refractivity contribution < 1.29 is 9.47 Å². The van der Waals surface area contributed by atoms with Gasteiger partial charge in [0.05, 0.1) is 12.1 Å². The van der Waals surface area contributed by atoms with Crippen molar-refractivity contribution in [2.24, 2.45) is 0 Å². The average molecular weight is 470 g/mol. The van der Waals surface area contributed by atoms with Gasteiger partial charge in [0.2, 0.25) is 6.79 Å². The summed E-state index contributed by atoms with van der Waals surface area (Å²) < 4.78 is 10.9. The van der Waals surface area contributed by atoms with Crippen LogP contribution < -0.4 is 20.3 Å². The average Bonchev–Trinajstić information content (AvgIpc) is 3.24. The Morgan fingerprint density at radius 2 is 1.91 bits per heavy atom. The lowest BCUT2D eigenvalue weighted by Gasteiger charge is -2.36. The molecule has 2 aliphatic rings. The highest BCUT2D eigenvalue weighted by molar-refractivity contribution is 7.80. The highest BCUT2D eigenvalue weighted by atomic mass is 35.5. The number of rotatable bonds is 4. The fourth-order valence-corrected chi connectivity index (χ4v) is 4.98. The minimum atomic E-state index is -0.122. The predicted octanol–water partition coefficient (Wildman–Crippen LogP) is 5.44. The third-order valence-corrected chi connectivity index (χ3v) is 6.68. The first-order valence-electron chi connectivity index (χ1n) is 10.9. The molecular formula is C24H24ClN3O3S. The van der Waals surface area contributed by atoms with E-state index in [1.54, 1.807) is 0 Å². The summed E-state index contributed by atoms with van der Waals surface area (Å²) in [4.78, 5) is 18.1. The van der Waals surface area contributed by atoms with Crippen LogP contribution in [0.2, 0.25) is 5.02 Å². The van der Waals surface area contributed by atoms with Crippen LogP contribution in [0.4, 0.5) is 5.69 Å². The number of benzene rings is 2. The minimum absolute atomic E-state index is 0.122. The van der Waals surface area contributed by atoms with Crippen LogP contribution in [0, 0.1) is 0 Å². The van der Waals surface area contributed by atoms with Gasteiger partial charge in [-0.25, -0.2) is 0 Å². The molecule has 1 saturated carbocycles. The summed E-state index contributed by atoms with van der Waals surface area (Å²) in [5, 5.41) is 5.47. The first-order valence-corrected chi connectivity index (χ1v) is 11.6. The highest BCUT2D eigenvalue weighted by Gasteiger charge is 2.25. The number of hydrogen-bond donors (Lipinski definition) is 2. The van der Waals surface area contributed by atoms with Crippen LogP contribution in [0.3, 0.4) is 0 Å². The number of hydrogen-bond acceptors (Lipinski definition) is 4. The second kappa shape index (κ2) is 9.00. The van der Waals surface area contributed by atoms with E-state index in [-0.39, 0.29) is 18.4 Å². The Morgan fingerprint density at radius 3 is 2.69 bits per heavy atom. The van der Waals surface area contributed by atoms with E-state index >= 15 is 0 Å². The molecule has 0 amide bonds. The van der Waals surface area contributed by atoms with E-state index in [4.69, 9.17) is 33.3 Å². The molecule has 0 radical (unpaired) electrons. The zero-order chi connectivity index (χ0) is 22.1. The molecule has 6 nitrogen and oxygen atoms in total. The largest absolute Gasteiger partial charge is 0.454 e. The van der Waals surface area contributed by atoms with E-state index in [1.165, 1.54) is 19.3 Å². The van der Waals surface area contributed by atoms with Gasteiger partial charge in [-0.2, -0.15) is 0 Å². The molecule has 3 aromatic rings. The Labute approximate surface area is 196 Å². The van der Waals surface area contributed by atoms with Gasteiger partial charge >= 0.3 is 0 Å². The molecular weight excluding hydrogens is 446 g/mol. The molecule has 166 valence electrons. The number of ether oxygens (including phenoxy) is 2. The normalized spacial score (nSPS) is 15.7. The maximum absolute atomic E-state index is 12.9. The van der Waals surface area contributed by atoms with Crippen LogP contribution in [0.15, 0.2) is 47.3 Å². The van der Waals surface area contributed by atoms with Gasteiger partial charge in [-0.15, -0.1) is 0 Å². The molecule has 1 aliphatic carbocycles. The van der Waals surface area contributed by atoms with Crippen molar-refractivity contribution >= 4 is 45.5 Å². The zero-order valence-corrected chi connectivity index (χ0v) is 19.1. The van der Waals surface area contributed by atoms with E-state index in [1.807, 2.05) is 42.5 Å². The Kier molecular flexibility index (Phi) is 5.93. The van der Waals surface area contributed by atoms with E-state index in [0.717, 1.165) is 29.4 Å². The van der Waals surface area contributed by atoms with E-state index < -0.39 is 0 Å². The molecule has 0 spiro atoms. The summed E-state index contributed by atoms with van der Waals surface area (Å²) in [5.41, 5.74) is 2.11. The Bertz CT molecular complexity index is 1220. The third kappa shape index (κ3) is 4.40. The van der Waals surface area contributed by atoms with Crippen molar-refractivity contribution in [2.45, 2.75) is 44.7 Å². The number of thiocarbonyl (C=S) groups is 1. The van der Waals surface area contributed by atoms with E-state index in [2.05, 4.69) is 15.2 Å². The van der Waals surface area contributed by atoms with Crippen LogP contribution in [0.5, 0.6) is 11.5 Å². The number of anilines is 1. The second-order valence-electron chi connectivity index (χ2n) is 8.28. The molecule has 1 aromatic heterocycles. The van der Waals surface area contributed by atoms with Crippen molar-refractivity contribution in [1.82, 2.24) is 9.88 Å². The molecule has 0 saturated heterocycles. The van der Waals surface area contributed by atoms with Gasteiger partial charge in [0.1, 0.15) is 0 Å². The molecule has 8 heteroatoms. The van der Waals surface area contributed by atoms with Crippen LogP contribution in [0.25, 0.3) is 10.9 Å². The number of aromatic nitrogens is 1. The van der Waals surface area contributed by atoms with Gasteiger partial charge < -0.3 is 24.7 Å². The molecule has 2 aromatic carbocycles. The molecule has 0 bridgehead atoms. The number of pyridine rings is 1. The summed E-state index contributed by atoms with van der Waals surface area (Å²) in [6.45, 7) is 0.623. The number of fused-ring (bicyclic) bond motifs is 2. The van der Waals surface area contributed by atoms with Gasteiger partial charge in [0, 0.05) is 33.8 Å². The molecule has 2 N–H and O–H groups in total. The van der Waals surface area contributed by atoms with Crippen molar-refractivity contribution in [3.63, 3.8) is 0 Å². The fraction of sp³-hybridized carbons (Fsp3) is 0.333. The number of nitrogens with one attached hydrogen (secondary N) is 2. The van der Waals surface area contributed by atoms with Crippen LogP contribution in [0.1, 0.15) is 37.7 Å². The van der Waals surface area contributed by atoms with Gasteiger partial charge in [-0.3, -0.25) is 4.79 Å². The number of H-pyrrole nitrogens is 1. The lowest BCUT2D eigenvalue weighted by molar-refractivity contribution is 0.174. The van der Waals surface area contributed by atoms with Gasteiger partial charge in [0.15, 0.2) is 16.6 Å². The van der Waals surface area contributed by atoms with E-state index in [9.17, 15) is 4.79 Å². The lowest BCUT2D eigenvalue weighted by Crippen LogP contribution is -2.44. The smallest absolute Gasteiger partial charge is 0.253 e. The summed E-state index contributed by atoms with van der Waals surface area (Å²) >= 11 is 11.9. The topological polar surface area (TPSA) is 66.6 Å². The summed E-state index contributed by atoms with van der Waals surface area (Å²) in [5.74, 6) is 1.34. The maximum Gasteiger partial charge on any atom is 0.253 e. The quantitative estimate of drug-likeness (QED) is 0.496.